The molecule has 3 aromatic rings. The number of aromatic nitrogens is 1. The normalized spacial score (nSPS) is 16.3. The summed E-state index contributed by atoms with van der Waals surface area (Å²) in [4.78, 5) is 4.27. The molecule has 0 bridgehead atoms. The third-order valence-corrected chi connectivity index (χ3v) is 6.29. The van der Waals surface area contributed by atoms with E-state index in [4.69, 9.17) is 4.74 Å². The minimum absolute atomic E-state index is 0.0619. The topological polar surface area (TPSA) is 34.1 Å². The lowest BCUT2D eigenvalue weighted by Gasteiger charge is -2.38. The van der Waals surface area contributed by atoms with Gasteiger partial charge < -0.3 is 10.1 Å². The molecular formula is C26H24F6N2O. The molecule has 1 fully saturated rings. The average Bonchev–Trinajstić information content (AvgIpc) is 2.84. The first-order valence-electron chi connectivity index (χ1n) is 11.2. The second-order valence-electron chi connectivity index (χ2n) is 8.69. The Balaban J connectivity index is 1.57. The molecule has 0 atom stereocenters. The van der Waals surface area contributed by atoms with Gasteiger partial charge in [-0.15, -0.1) is 0 Å². The molecule has 2 heterocycles. The predicted molar refractivity (Wildman–Crippen MR) is 120 cm³/mol. The summed E-state index contributed by atoms with van der Waals surface area (Å²) in [6.45, 7) is 1.77. The molecule has 0 amide bonds. The molecule has 35 heavy (non-hydrogen) atoms. The molecule has 1 N–H and O–H groups in total. The predicted octanol–water partition coefficient (Wildman–Crippen LogP) is 6.62. The van der Waals surface area contributed by atoms with Crippen LogP contribution in [0.3, 0.4) is 0 Å². The molecule has 0 spiro atoms. The van der Waals surface area contributed by atoms with Gasteiger partial charge in [0, 0.05) is 11.0 Å². The van der Waals surface area contributed by atoms with E-state index in [-0.39, 0.29) is 29.0 Å². The van der Waals surface area contributed by atoms with Gasteiger partial charge >= 0.3 is 12.4 Å². The Bertz CT molecular complexity index is 1120. The number of nitrogens with zero attached hydrogens (tertiary/aromatic N) is 1. The van der Waals surface area contributed by atoms with E-state index in [0.717, 1.165) is 67.9 Å². The molecule has 186 valence electrons. The maximum Gasteiger partial charge on any atom is 0.416 e. The van der Waals surface area contributed by atoms with Crippen molar-refractivity contribution in [1.82, 2.24) is 10.3 Å². The number of halogens is 6. The van der Waals surface area contributed by atoms with Crippen molar-refractivity contribution in [3.8, 4) is 11.3 Å². The first-order chi connectivity index (χ1) is 16.6. The lowest BCUT2D eigenvalue weighted by atomic mass is 9.74. The highest BCUT2D eigenvalue weighted by molar-refractivity contribution is 5.61. The highest BCUT2D eigenvalue weighted by Crippen LogP contribution is 2.36. The summed E-state index contributed by atoms with van der Waals surface area (Å²) >= 11 is 0. The van der Waals surface area contributed by atoms with Gasteiger partial charge in [0.1, 0.15) is 0 Å². The molecule has 0 saturated carbocycles. The minimum atomic E-state index is -4.64. The summed E-state index contributed by atoms with van der Waals surface area (Å²) in [7, 11) is 0. The van der Waals surface area contributed by atoms with Crippen LogP contribution in [0.4, 0.5) is 26.3 Å². The molecule has 4 rings (SSSR count). The van der Waals surface area contributed by atoms with Gasteiger partial charge in [0.25, 0.3) is 0 Å². The number of piperidine rings is 1. The molecule has 9 heteroatoms. The van der Waals surface area contributed by atoms with Crippen LogP contribution < -0.4 is 5.32 Å². The minimum Gasteiger partial charge on any atom is -0.374 e. The van der Waals surface area contributed by atoms with Crippen LogP contribution >= 0.6 is 0 Å². The van der Waals surface area contributed by atoms with Crippen LogP contribution in [0.5, 0.6) is 0 Å². The molecule has 0 unspecified atom stereocenters. The van der Waals surface area contributed by atoms with Crippen molar-refractivity contribution >= 4 is 0 Å². The summed E-state index contributed by atoms with van der Waals surface area (Å²) < 4.78 is 85.2. The van der Waals surface area contributed by atoms with Crippen molar-refractivity contribution in [1.29, 1.82) is 0 Å². The van der Waals surface area contributed by atoms with E-state index in [2.05, 4.69) is 10.3 Å². The maximum atomic E-state index is 13.6. The largest absolute Gasteiger partial charge is 0.416 e. The van der Waals surface area contributed by atoms with Crippen molar-refractivity contribution in [3.05, 3.63) is 89.1 Å². The quantitative estimate of drug-likeness (QED) is 0.391. The Morgan fingerprint density at radius 3 is 2.03 bits per heavy atom. The summed E-state index contributed by atoms with van der Waals surface area (Å²) in [5, 5.41) is 3.32. The summed E-state index contributed by atoms with van der Waals surface area (Å²) in [6, 6.07) is 15.5. The highest BCUT2D eigenvalue weighted by Gasteiger charge is 2.35. The molecule has 1 saturated heterocycles. The zero-order valence-electron chi connectivity index (χ0n) is 18.7. The molecule has 2 aromatic carbocycles. The Hall–Kier alpha value is -2.91. The number of hydrogen-bond acceptors (Lipinski definition) is 3. The monoisotopic (exact) mass is 494 g/mol. The van der Waals surface area contributed by atoms with Crippen LogP contribution in [0.2, 0.25) is 0 Å². The van der Waals surface area contributed by atoms with Crippen LogP contribution in [0.15, 0.2) is 66.7 Å². The van der Waals surface area contributed by atoms with E-state index in [1.54, 1.807) is 0 Å². The third-order valence-electron chi connectivity index (χ3n) is 6.29. The second kappa shape index (κ2) is 9.99. The average molecular weight is 494 g/mol. The smallest absolute Gasteiger partial charge is 0.374 e. The number of alkyl halides is 6. The number of hydrogen-bond donors (Lipinski definition) is 1. The fraction of sp³-hybridized carbons (Fsp3) is 0.346. The van der Waals surface area contributed by atoms with Crippen LogP contribution in [-0.4, -0.2) is 24.7 Å². The highest BCUT2D eigenvalue weighted by atomic mass is 19.4. The molecular weight excluding hydrogens is 470 g/mol. The van der Waals surface area contributed by atoms with Gasteiger partial charge in [-0.1, -0.05) is 42.5 Å². The van der Waals surface area contributed by atoms with Crippen molar-refractivity contribution in [3.63, 3.8) is 0 Å². The standard InChI is InChI=1S/C26H24F6N2O/c27-25(28,29)20-8-6-18(7-9-20)23-15-21(26(30,31)32)14-22(34-23)16-35-17-24(10-12-33-13-11-24)19-4-2-1-3-5-19/h1-9,14-15,33H,10-13,16-17H2. The number of rotatable bonds is 6. The van der Waals surface area contributed by atoms with Gasteiger partial charge in [0.15, 0.2) is 0 Å². The van der Waals surface area contributed by atoms with E-state index in [9.17, 15) is 26.3 Å². The fourth-order valence-electron chi connectivity index (χ4n) is 4.37. The summed E-state index contributed by atoms with van der Waals surface area (Å²) in [6.07, 6.45) is -7.53. The lowest BCUT2D eigenvalue weighted by molar-refractivity contribution is -0.138. The van der Waals surface area contributed by atoms with Gasteiger partial charge in [-0.2, -0.15) is 26.3 Å². The van der Waals surface area contributed by atoms with E-state index in [1.165, 1.54) is 0 Å². The van der Waals surface area contributed by atoms with Gasteiger partial charge in [0.2, 0.25) is 0 Å². The summed E-state index contributed by atoms with van der Waals surface area (Å²) in [5.74, 6) is 0. The Labute approximate surface area is 199 Å². The van der Waals surface area contributed by atoms with Gasteiger partial charge in [-0.05, 0) is 55.8 Å². The van der Waals surface area contributed by atoms with Gasteiger partial charge in [-0.25, -0.2) is 0 Å². The number of ether oxygens (including phenoxy) is 1. The van der Waals surface area contributed by atoms with Gasteiger partial charge in [-0.3, -0.25) is 4.98 Å². The fourth-order valence-corrected chi connectivity index (χ4v) is 4.37. The number of benzene rings is 2. The van der Waals surface area contributed by atoms with E-state index < -0.39 is 23.5 Å². The van der Waals surface area contributed by atoms with Crippen molar-refractivity contribution in [2.45, 2.75) is 37.2 Å². The number of nitrogens with one attached hydrogen (secondary N) is 1. The van der Waals surface area contributed by atoms with Crippen LogP contribution in [-0.2, 0) is 29.1 Å². The van der Waals surface area contributed by atoms with Crippen LogP contribution in [0.1, 0.15) is 35.2 Å². The third kappa shape index (κ3) is 6.02. The molecule has 0 aliphatic carbocycles. The summed E-state index contributed by atoms with van der Waals surface area (Å²) in [5.41, 5.74) is -0.803. The zero-order chi connectivity index (χ0) is 25.1. The van der Waals surface area contributed by atoms with E-state index in [1.807, 2.05) is 30.3 Å². The zero-order valence-corrected chi connectivity index (χ0v) is 18.7. The molecule has 3 nitrogen and oxygen atoms in total. The molecule has 1 aliphatic heterocycles. The molecule has 0 radical (unpaired) electrons. The van der Waals surface area contributed by atoms with Crippen molar-refractivity contribution in [2.75, 3.05) is 19.7 Å². The van der Waals surface area contributed by atoms with Crippen LogP contribution in [0, 0.1) is 0 Å². The Morgan fingerprint density at radius 2 is 1.43 bits per heavy atom. The van der Waals surface area contributed by atoms with Crippen LogP contribution in [0.25, 0.3) is 11.3 Å². The second-order valence-corrected chi connectivity index (χ2v) is 8.69. The van der Waals surface area contributed by atoms with Crippen molar-refractivity contribution < 1.29 is 31.1 Å². The SMILES string of the molecule is FC(F)(F)c1ccc(-c2cc(C(F)(F)F)cc(COCC3(c4ccccc4)CCNCC3)n2)cc1. The Morgan fingerprint density at radius 1 is 0.800 bits per heavy atom. The van der Waals surface area contributed by atoms with Crippen molar-refractivity contribution in [2.24, 2.45) is 0 Å². The Kier molecular flexibility index (Phi) is 7.19. The first kappa shape index (κ1) is 25.2. The number of pyridine rings is 1. The lowest BCUT2D eigenvalue weighted by Crippen LogP contribution is -2.43. The van der Waals surface area contributed by atoms with Gasteiger partial charge in [0.05, 0.1) is 35.7 Å². The van der Waals surface area contributed by atoms with E-state index >= 15 is 0 Å². The first-order valence-corrected chi connectivity index (χ1v) is 11.2. The maximum absolute atomic E-state index is 13.6. The molecule has 1 aliphatic rings. The molecule has 1 aromatic heterocycles. The van der Waals surface area contributed by atoms with E-state index in [0.29, 0.717) is 6.61 Å².